The second kappa shape index (κ2) is 4.02. The van der Waals surface area contributed by atoms with Crippen molar-refractivity contribution in [1.29, 1.82) is 0 Å². The Balaban J connectivity index is 2.21. The SMILES string of the molecule is Cn1cc(C2CCCNC2C(=O)O)cn1. The molecule has 2 heterocycles. The third kappa shape index (κ3) is 2.02. The van der Waals surface area contributed by atoms with Crippen LogP contribution in [0.25, 0.3) is 0 Å². The summed E-state index contributed by atoms with van der Waals surface area (Å²) in [6.07, 6.45) is 5.58. The summed E-state index contributed by atoms with van der Waals surface area (Å²) >= 11 is 0. The van der Waals surface area contributed by atoms with Gasteiger partial charge in [-0.15, -0.1) is 0 Å². The standard InChI is InChI=1S/C10H15N3O2/c1-13-6-7(5-12-13)8-3-2-4-11-9(8)10(14)15/h5-6,8-9,11H,2-4H2,1H3,(H,14,15). The fourth-order valence-corrected chi connectivity index (χ4v) is 2.14. The Morgan fingerprint density at radius 2 is 2.53 bits per heavy atom. The van der Waals surface area contributed by atoms with Crippen molar-refractivity contribution < 1.29 is 9.90 Å². The Morgan fingerprint density at radius 3 is 3.13 bits per heavy atom. The number of nitrogens with zero attached hydrogens (tertiary/aromatic N) is 2. The number of aliphatic carboxylic acids is 1. The maximum Gasteiger partial charge on any atom is 0.321 e. The third-order valence-corrected chi connectivity index (χ3v) is 2.88. The molecule has 82 valence electrons. The number of carbonyl (C=O) groups is 1. The van der Waals surface area contributed by atoms with Gasteiger partial charge in [-0.25, -0.2) is 0 Å². The topological polar surface area (TPSA) is 67.2 Å². The Morgan fingerprint density at radius 1 is 1.73 bits per heavy atom. The van der Waals surface area contributed by atoms with Gasteiger partial charge < -0.3 is 10.4 Å². The van der Waals surface area contributed by atoms with Gasteiger partial charge in [-0.05, 0) is 24.9 Å². The van der Waals surface area contributed by atoms with E-state index in [1.54, 1.807) is 10.9 Å². The number of rotatable bonds is 2. The average Bonchev–Trinajstić information content (AvgIpc) is 2.65. The summed E-state index contributed by atoms with van der Waals surface area (Å²) in [6.45, 7) is 0.785. The van der Waals surface area contributed by atoms with Gasteiger partial charge in [0.25, 0.3) is 0 Å². The van der Waals surface area contributed by atoms with Crippen molar-refractivity contribution in [2.24, 2.45) is 7.05 Å². The molecule has 2 N–H and O–H groups in total. The van der Waals surface area contributed by atoms with Crippen LogP contribution in [0.3, 0.4) is 0 Å². The summed E-state index contributed by atoms with van der Waals surface area (Å²) < 4.78 is 1.71. The monoisotopic (exact) mass is 209 g/mol. The molecular formula is C10H15N3O2. The molecule has 0 spiro atoms. The van der Waals surface area contributed by atoms with Gasteiger partial charge in [-0.2, -0.15) is 5.10 Å². The number of piperidine rings is 1. The minimum atomic E-state index is -0.774. The van der Waals surface area contributed by atoms with E-state index >= 15 is 0 Å². The van der Waals surface area contributed by atoms with Gasteiger partial charge in [-0.3, -0.25) is 9.48 Å². The summed E-state index contributed by atoms with van der Waals surface area (Å²) in [4.78, 5) is 11.1. The highest BCUT2D eigenvalue weighted by Crippen LogP contribution is 2.27. The van der Waals surface area contributed by atoms with Crippen LogP contribution in [-0.4, -0.2) is 33.4 Å². The van der Waals surface area contributed by atoms with Crippen LogP contribution in [0.15, 0.2) is 12.4 Å². The van der Waals surface area contributed by atoms with Crippen molar-refractivity contribution in [3.8, 4) is 0 Å². The van der Waals surface area contributed by atoms with Gasteiger partial charge in [0.2, 0.25) is 0 Å². The van der Waals surface area contributed by atoms with Crippen LogP contribution in [0.2, 0.25) is 0 Å². The molecule has 0 aliphatic carbocycles. The van der Waals surface area contributed by atoms with Crippen molar-refractivity contribution in [1.82, 2.24) is 15.1 Å². The first-order chi connectivity index (χ1) is 7.18. The zero-order chi connectivity index (χ0) is 10.8. The molecule has 1 aliphatic rings. The first kappa shape index (κ1) is 10.2. The lowest BCUT2D eigenvalue weighted by molar-refractivity contribution is -0.140. The second-order valence-electron chi connectivity index (χ2n) is 3.97. The van der Waals surface area contributed by atoms with Crippen molar-refractivity contribution in [2.75, 3.05) is 6.54 Å². The predicted octanol–water partition coefficient (Wildman–Crippen LogP) is 0.340. The summed E-state index contributed by atoms with van der Waals surface area (Å²) in [5.74, 6) is -0.728. The highest BCUT2D eigenvalue weighted by molar-refractivity contribution is 5.75. The average molecular weight is 209 g/mol. The molecule has 5 nitrogen and oxygen atoms in total. The molecule has 2 rings (SSSR count). The number of nitrogens with one attached hydrogen (secondary N) is 1. The third-order valence-electron chi connectivity index (χ3n) is 2.88. The summed E-state index contributed by atoms with van der Waals surface area (Å²) in [5.41, 5.74) is 1.01. The van der Waals surface area contributed by atoms with Crippen molar-refractivity contribution in [3.63, 3.8) is 0 Å². The largest absolute Gasteiger partial charge is 0.480 e. The van der Waals surface area contributed by atoms with E-state index in [4.69, 9.17) is 5.11 Å². The summed E-state index contributed by atoms with van der Waals surface area (Å²) in [7, 11) is 1.84. The number of aromatic nitrogens is 2. The van der Waals surface area contributed by atoms with Crippen molar-refractivity contribution in [3.05, 3.63) is 18.0 Å². The maximum absolute atomic E-state index is 11.1. The van der Waals surface area contributed by atoms with Crippen LogP contribution >= 0.6 is 0 Å². The van der Waals surface area contributed by atoms with E-state index in [2.05, 4.69) is 10.4 Å². The number of hydrogen-bond acceptors (Lipinski definition) is 3. The summed E-state index contributed by atoms with van der Waals surface area (Å²) in [5, 5.41) is 16.2. The molecule has 15 heavy (non-hydrogen) atoms. The normalized spacial score (nSPS) is 26.5. The Labute approximate surface area is 88.1 Å². The maximum atomic E-state index is 11.1. The van der Waals surface area contributed by atoms with E-state index in [9.17, 15) is 4.79 Å². The predicted molar refractivity (Wildman–Crippen MR) is 54.6 cm³/mol. The number of carboxylic acid groups (broad SMARTS) is 1. The van der Waals surface area contributed by atoms with Gasteiger partial charge in [-0.1, -0.05) is 0 Å². The van der Waals surface area contributed by atoms with E-state index < -0.39 is 12.0 Å². The molecule has 1 aromatic heterocycles. The Bertz CT molecular complexity index is 361. The van der Waals surface area contributed by atoms with Crippen LogP contribution in [-0.2, 0) is 11.8 Å². The van der Waals surface area contributed by atoms with Gasteiger partial charge in [0.05, 0.1) is 6.20 Å². The molecular weight excluding hydrogens is 194 g/mol. The Kier molecular flexibility index (Phi) is 2.73. The first-order valence-electron chi connectivity index (χ1n) is 5.13. The molecule has 0 saturated carbocycles. The zero-order valence-corrected chi connectivity index (χ0v) is 8.68. The molecule has 2 unspecified atom stereocenters. The van der Waals surface area contributed by atoms with E-state index in [0.29, 0.717) is 0 Å². The Hall–Kier alpha value is -1.36. The van der Waals surface area contributed by atoms with Gasteiger partial charge >= 0.3 is 5.97 Å². The molecule has 0 aromatic carbocycles. The minimum Gasteiger partial charge on any atom is -0.480 e. The van der Waals surface area contributed by atoms with Crippen LogP contribution in [0.1, 0.15) is 24.3 Å². The number of aryl methyl sites for hydroxylation is 1. The van der Waals surface area contributed by atoms with E-state index in [1.807, 2.05) is 13.2 Å². The number of carboxylic acids is 1. The first-order valence-corrected chi connectivity index (χ1v) is 5.13. The second-order valence-corrected chi connectivity index (χ2v) is 3.97. The molecule has 2 atom stereocenters. The molecule has 5 heteroatoms. The molecule has 1 aromatic rings. The van der Waals surface area contributed by atoms with E-state index in [-0.39, 0.29) is 5.92 Å². The molecule has 0 amide bonds. The van der Waals surface area contributed by atoms with Crippen molar-refractivity contribution in [2.45, 2.75) is 24.8 Å². The molecule has 0 bridgehead atoms. The zero-order valence-electron chi connectivity index (χ0n) is 8.68. The number of hydrogen-bond donors (Lipinski definition) is 2. The lowest BCUT2D eigenvalue weighted by Crippen LogP contribution is -2.45. The minimum absolute atomic E-state index is 0.0462. The molecule has 0 radical (unpaired) electrons. The van der Waals surface area contributed by atoms with Gasteiger partial charge in [0, 0.05) is 19.2 Å². The van der Waals surface area contributed by atoms with Crippen LogP contribution in [0.4, 0.5) is 0 Å². The highest BCUT2D eigenvalue weighted by Gasteiger charge is 2.32. The van der Waals surface area contributed by atoms with Crippen molar-refractivity contribution >= 4 is 5.97 Å². The van der Waals surface area contributed by atoms with Crippen LogP contribution < -0.4 is 5.32 Å². The van der Waals surface area contributed by atoms with E-state index in [0.717, 1.165) is 24.9 Å². The fourth-order valence-electron chi connectivity index (χ4n) is 2.14. The smallest absolute Gasteiger partial charge is 0.321 e. The van der Waals surface area contributed by atoms with Crippen LogP contribution in [0.5, 0.6) is 0 Å². The quantitative estimate of drug-likeness (QED) is 0.737. The van der Waals surface area contributed by atoms with Crippen LogP contribution in [0, 0.1) is 0 Å². The molecule has 1 aliphatic heterocycles. The molecule has 1 saturated heterocycles. The lowest BCUT2D eigenvalue weighted by Gasteiger charge is -2.28. The highest BCUT2D eigenvalue weighted by atomic mass is 16.4. The lowest BCUT2D eigenvalue weighted by atomic mass is 9.86. The van der Waals surface area contributed by atoms with Gasteiger partial charge in [0.1, 0.15) is 6.04 Å². The molecule has 1 fully saturated rings. The fraction of sp³-hybridized carbons (Fsp3) is 0.600. The summed E-state index contributed by atoms with van der Waals surface area (Å²) in [6, 6.07) is -0.469. The van der Waals surface area contributed by atoms with Gasteiger partial charge in [0.15, 0.2) is 0 Å². The van der Waals surface area contributed by atoms with E-state index in [1.165, 1.54) is 0 Å².